The first kappa shape index (κ1) is 31.6. The van der Waals surface area contributed by atoms with Crippen molar-refractivity contribution in [1.29, 1.82) is 0 Å². The monoisotopic (exact) mass is 609 g/mol. The number of carbonyl (C=O) groups is 2. The molecule has 0 radical (unpaired) electrons. The van der Waals surface area contributed by atoms with Crippen LogP contribution in [-0.4, -0.2) is 50.3 Å². The van der Waals surface area contributed by atoms with Crippen molar-refractivity contribution in [3.63, 3.8) is 0 Å². The summed E-state index contributed by atoms with van der Waals surface area (Å²) in [5.41, 5.74) is 3.31. The minimum Gasteiger partial charge on any atom is -0.352 e. The fourth-order valence-electron chi connectivity index (χ4n) is 5.28. The SMILES string of the molecule is Cc1ccc(N(CC(=O)N(CCc2ccccc2)[C@H](C)C(=O)NC2CCCCC2)S(=O)(=O)c2ccc(Cl)cc2)cc1C. The number of anilines is 1. The van der Waals surface area contributed by atoms with Crippen LogP contribution in [0.25, 0.3) is 0 Å². The molecule has 0 heterocycles. The molecule has 3 aromatic carbocycles. The summed E-state index contributed by atoms with van der Waals surface area (Å²) in [5, 5.41) is 3.54. The molecule has 0 unspecified atom stereocenters. The number of nitrogens with one attached hydrogen (secondary N) is 1. The maximum absolute atomic E-state index is 14.1. The number of halogens is 1. The van der Waals surface area contributed by atoms with Crippen molar-refractivity contribution in [3.8, 4) is 0 Å². The molecule has 0 spiro atoms. The Morgan fingerprint density at radius 3 is 2.24 bits per heavy atom. The Morgan fingerprint density at radius 1 is 0.929 bits per heavy atom. The van der Waals surface area contributed by atoms with E-state index in [4.69, 9.17) is 11.6 Å². The largest absolute Gasteiger partial charge is 0.352 e. The standard InChI is InChI=1S/C33H40ClN3O4S/c1-24-14-17-30(22-25(24)2)37(42(40,41)31-18-15-28(34)16-19-31)23-32(38)36(21-20-27-10-6-4-7-11-27)26(3)33(39)35-29-12-8-5-9-13-29/h4,6-7,10-11,14-19,22,26,29H,5,8-9,12-13,20-21,23H2,1-3H3,(H,35,39)/t26-/m1/s1. The van der Waals surface area contributed by atoms with Crippen LogP contribution in [0.5, 0.6) is 0 Å². The predicted octanol–water partition coefficient (Wildman–Crippen LogP) is 6.06. The molecule has 9 heteroatoms. The summed E-state index contributed by atoms with van der Waals surface area (Å²) in [7, 11) is -4.14. The molecule has 224 valence electrons. The topological polar surface area (TPSA) is 86.8 Å². The van der Waals surface area contributed by atoms with Crippen molar-refractivity contribution in [2.24, 2.45) is 0 Å². The zero-order valence-electron chi connectivity index (χ0n) is 24.6. The van der Waals surface area contributed by atoms with Gasteiger partial charge in [0.25, 0.3) is 10.0 Å². The number of rotatable bonds is 11. The summed E-state index contributed by atoms with van der Waals surface area (Å²) >= 11 is 6.03. The van der Waals surface area contributed by atoms with E-state index in [2.05, 4.69) is 5.32 Å². The summed E-state index contributed by atoms with van der Waals surface area (Å²) in [6, 6.07) is 20.3. The Hall–Kier alpha value is -3.36. The number of aryl methyl sites for hydroxylation is 2. The second-order valence-electron chi connectivity index (χ2n) is 11.1. The van der Waals surface area contributed by atoms with Gasteiger partial charge in [-0.3, -0.25) is 13.9 Å². The quantitative estimate of drug-likeness (QED) is 0.286. The summed E-state index contributed by atoms with van der Waals surface area (Å²) in [6.07, 6.45) is 5.70. The highest BCUT2D eigenvalue weighted by Gasteiger charge is 2.33. The van der Waals surface area contributed by atoms with Gasteiger partial charge in [-0.15, -0.1) is 0 Å². The molecule has 4 rings (SSSR count). The van der Waals surface area contributed by atoms with E-state index < -0.39 is 28.5 Å². The minimum absolute atomic E-state index is 0.0249. The van der Waals surface area contributed by atoms with Crippen molar-refractivity contribution in [3.05, 3.63) is 94.5 Å². The van der Waals surface area contributed by atoms with Gasteiger partial charge in [0.1, 0.15) is 12.6 Å². The van der Waals surface area contributed by atoms with Crippen LogP contribution in [0.2, 0.25) is 5.02 Å². The van der Waals surface area contributed by atoms with Crippen LogP contribution in [0, 0.1) is 13.8 Å². The third-order valence-corrected chi connectivity index (χ3v) is 10.1. The first-order valence-electron chi connectivity index (χ1n) is 14.6. The molecule has 1 aliphatic carbocycles. The molecule has 0 aliphatic heterocycles. The average Bonchev–Trinajstić information content (AvgIpc) is 2.98. The Balaban J connectivity index is 1.65. The number of hydrogen-bond acceptors (Lipinski definition) is 4. The Labute approximate surface area is 254 Å². The molecule has 42 heavy (non-hydrogen) atoms. The number of hydrogen-bond donors (Lipinski definition) is 1. The Kier molecular flexibility index (Phi) is 10.7. The van der Waals surface area contributed by atoms with Crippen molar-refractivity contribution in [2.75, 3.05) is 17.4 Å². The van der Waals surface area contributed by atoms with Crippen LogP contribution in [0.3, 0.4) is 0 Å². The van der Waals surface area contributed by atoms with Gasteiger partial charge in [-0.25, -0.2) is 8.42 Å². The third kappa shape index (κ3) is 7.92. The van der Waals surface area contributed by atoms with Gasteiger partial charge >= 0.3 is 0 Å². The van der Waals surface area contributed by atoms with Gasteiger partial charge in [0.05, 0.1) is 10.6 Å². The molecular formula is C33H40ClN3O4S. The first-order chi connectivity index (χ1) is 20.1. The lowest BCUT2D eigenvalue weighted by molar-refractivity contribution is -0.139. The van der Waals surface area contributed by atoms with Crippen LogP contribution >= 0.6 is 11.6 Å². The Bertz CT molecular complexity index is 1470. The van der Waals surface area contributed by atoms with Crippen molar-refractivity contribution < 1.29 is 18.0 Å². The van der Waals surface area contributed by atoms with E-state index in [9.17, 15) is 18.0 Å². The number of nitrogens with zero attached hydrogens (tertiary/aromatic N) is 2. The lowest BCUT2D eigenvalue weighted by Gasteiger charge is -2.33. The third-order valence-electron chi connectivity index (χ3n) is 8.06. The summed E-state index contributed by atoms with van der Waals surface area (Å²) in [4.78, 5) is 29.0. The maximum atomic E-state index is 14.1. The molecular weight excluding hydrogens is 570 g/mol. The van der Waals surface area contributed by atoms with E-state index in [-0.39, 0.29) is 23.4 Å². The number of benzene rings is 3. The number of sulfonamides is 1. The van der Waals surface area contributed by atoms with Crippen molar-refractivity contribution in [1.82, 2.24) is 10.2 Å². The number of amides is 2. The van der Waals surface area contributed by atoms with Crippen molar-refractivity contribution >= 4 is 39.1 Å². The molecule has 0 bridgehead atoms. The summed E-state index contributed by atoms with van der Waals surface area (Å²) in [6.45, 7) is 5.38. The second kappa shape index (κ2) is 14.2. The fraction of sp³-hybridized carbons (Fsp3) is 0.394. The van der Waals surface area contributed by atoms with Gasteiger partial charge in [0, 0.05) is 17.6 Å². The predicted molar refractivity (Wildman–Crippen MR) is 168 cm³/mol. The van der Waals surface area contributed by atoms with Gasteiger partial charge in [0.15, 0.2) is 0 Å². The molecule has 0 saturated heterocycles. The van der Waals surface area contributed by atoms with E-state index in [0.29, 0.717) is 17.1 Å². The van der Waals surface area contributed by atoms with E-state index in [0.717, 1.165) is 46.7 Å². The van der Waals surface area contributed by atoms with Gasteiger partial charge < -0.3 is 10.2 Å². The van der Waals surface area contributed by atoms with E-state index in [1.165, 1.54) is 35.6 Å². The molecule has 1 aliphatic rings. The van der Waals surface area contributed by atoms with Crippen LogP contribution in [0.15, 0.2) is 77.7 Å². The average molecular weight is 610 g/mol. The molecule has 3 aromatic rings. The van der Waals surface area contributed by atoms with Gasteiger partial charge in [-0.2, -0.15) is 0 Å². The first-order valence-corrected chi connectivity index (χ1v) is 16.4. The molecule has 1 N–H and O–H groups in total. The molecule has 0 aromatic heterocycles. The molecule has 7 nitrogen and oxygen atoms in total. The zero-order chi connectivity index (χ0) is 30.3. The molecule has 1 atom stereocenters. The van der Waals surface area contributed by atoms with Gasteiger partial charge in [-0.05, 0) is 93.1 Å². The van der Waals surface area contributed by atoms with Gasteiger partial charge in [-0.1, -0.05) is 67.3 Å². The summed E-state index contributed by atoms with van der Waals surface area (Å²) in [5.74, 6) is -0.672. The lowest BCUT2D eigenvalue weighted by Crippen LogP contribution is -2.53. The highest BCUT2D eigenvalue weighted by Crippen LogP contribution is 2.27. The van der Waals surface area contributed by atoms with Crippen LogP contribution < -0.4 is 9.62 Å². The van der Waals surface area contributed by atoms with Gasteiger partial charge in [0.2, 0.25) is 11.8 Å². The van der Waals surface area contributed by atoms with E-state index in [1.807, 2.05) is 50.2 Å². The van der Waals surface area contributed by atoms with Crippen LogP contribution in [0.1, 0.15) is 55.7 Å². The maximum Gasteiger partial charge on any atom is 0.264 e. The van der Waals surface area contributed by atoms with Crippen molar-refractivity contribution in [2.45, 2.75) is 76.3 Å². The highest BCUT2D eigenvalue weighted by atomic mass is 35.5. The minimum atomic E-state index is -4.14. The second-order valence-corrected chi connectivity index (χ2v) is 13.4. The van der Waals surface area contributed by atoms with E-state index >= 15 is 0 Å². The Morgan fingerprint density at radius 2 is 1.60 bits per heavy atom. The molecule has 2 amide bonds. The number of carbonyl (C=O) groups excluding carboxylic acids is 2. The smallest absolute Gasteiger partial charge is 0.264 e. The van der Waals surface area contributed by atoms with E-state index in [1.54, 1.807) is 19.1 Å². The lowest BCUT2D eigenvalue weighted by atomic mass is 9.95. The molecule has 1 fully saturated rings. The highest BCUT2D eigenvalue weighted by molar-refractivity contribution is 7.92. The molecule has 1 saturated carbocycles. The summed E-state index contributed by atoms with van der Waals surface area (Å²) < 4.78 is 29.1. The van der Waals surface area contributed by atoms with Crippen LogP contribution in [0.4, 0.5) is 5.69 Å². The fourth-order valence-corrected chi connectivity index (χ4v) is 6.81. The normalized spacial score (nSPS) is 14.7. The zero-order valence-corrected chi connectivity index (χ0v) is 26.1. The van der Waals surface area contributed by atoms with Crippen LogP contribution in [-0.2, 0) is 26.0 Å².